The Balaban J connectivity index is 1.06. The van der Waals surface area contributed by atoms with Crippen molar-refractivity contribution >= 4 is 65.7 Å². The second-order valence-corrected chi connectivity index (χ2v) is 13.6. The van der Waals surface area contributed by atoms with Crippen LogP contribution in [0.4, 0.5) is 0 Å². The molecule has 12 aromatic rings. The lowest BCUT2D eigenvalue weighted by atomic mass is 9.97. The van der Waals surface area contributed by atoms with Gasteiger partial charge in [0.1, 0.15) is 22.3 Å². The van der Waals surface area contributed by atoms with Gasteiger partial charge in [0.25, 0.3) is 0 Å². The number of para-hydroxylation sites is 2. The van der Waals surface area contributed by atoms with Gasteiger partial charge in [0.2, 0.25) is 0 Å². The summed E-state index contributed by atoms with van der Waals surface area (Å²) >= 11 is 0. The number of hydrogen-bond acceptors (Lipinski definition) is 5. The highest BCUT2D eigenvalue weighted by Crippen LogP contribution is 2.42. The molecule has 6 heteroatoms. The zero-order chi connectivity index (χ0) is 46.2. The van der Waals surface area contributed by atoms with Crippen LogP contribution in [0.5, 0.6) is 0 Å². The van der Waals surface area contributed by atoms with E-state index in [2.05, 4.69) is 64.1 Å². The van der Waals surface area contributed by atoms with Crippen LogP contribution in [-0.4, -0.2) is 19.5 Å². The maximum atomic E-state index is 8.77. The molecule has 12 rings (SSSR count). The fraction of sp³-hybridized carbons (Fsp3) is 0. The van der Waals surface area contributed by atoms with Crippen molar-refractivity contribution in [3.63, 3.8) is 0 Å². The third kappa shape index (κ3) is 4.94. The Morgan fingerprint density at radius 3 is 1.65 bits per heavy atom. The fourth-order valence-corrected chi connectivity index (χ4v) is 8.02. The van der Waals surface area contributed by atoms with Crippen LogP contribution >= 0.6 is 0 Å². The van der Waals surface area contributed by atoms with Gasteiger partial charge in [-0.2, -0.15) is 0 Å². The van der Waals surface area contributed by atoms with Gasteiger partial charge in [-0.1, -0.05) is 127 Å². The number of hydrogen-bond donors (Lipinski definition) is 0. The first-order chi connectivity index (χ1) is 32.4. The molecule has 0 spiro atoms. The van der Waals surface area contributed by atoms with Crippen molar-refractivity contribution in [3.8, 4) is 51.0 Å². The lowest BCUT2D eigenvalue weighted by Gasteiger charge is -2.09. The molecule has 266 valence electrons. The Morgan fingerprint density at radius 1 is 0.404 bits per heavy atom. The molecule has 0 aliphatic heterocycles. The lowest BCUT2D eigenvalue weighted by Crippen LogP contribution is -2.00. The largest absolute Gasteiger partial charge is 0.456 e. The first-order valence-electron chi connectivity index (χ1n) is 23.2. The van der Waals surface area contributed by atoms with Crippen molar-refractivity contribution in [1.82, 2.24) is 19.5 Å². The molecule has 0 N–H and O–H groups in total. The topological polar surface area (TPSA) is 69.9 Å². The van der Waals surface area contributed by atoms with Crippen LogP contribution in [0.25, 0.3) is 117 Å². The third-order valence-corrected chi connectivity index (χ3v) is 10.4. The molecule has 0 aliphatic carbocycles. The van der Waals surface area contributed by atoms with E-state index in [0.717, 1.165) is 55.0 Å². The summed E-state index contributed by atoms with van der Waals surface area (Å²) < 4.78 is 100. The minimum absolute atomic E-state index is 0.0562. The maximum Gasteiger partial charge on any atom is 0.164 e. The number of rotatable bonds is 5. The van der Waals surface area contributed by atoms with Crippen LogP contribution in [0.2, 0.25) is 0 Å². The van der Waals surface area contributed by atoms with Crippen LogP contribution in [0, 0.1) is 0 Å². The first kappa shape index (κ1) is 23.2. The van der Waals surface area contributed by atoms with E-state index in [1.807, 2.05) is 48.5 Å². The summed E-state index contributed by atoms with van der Waals surface area (Å²) in [5.74, 6) is -0.762. The summed E-state index contributed by atoms with van der Waals surface area (Å²) in [6.45, 7) is 0. The average Bonchev–Trinajstić information content (AvgIpc) is 4.03. The smallest absolute Gasteiger partial charge is 0.164 e. The number of furan rings is 2. The van der Waals surface area contributed by atoms with Gasteiger partial charge in [0.05, 0.1) is 24.7 Å². The van der Waals surface area contributed by atoms with E-state index in [-0.39, 0.29) is 28.6 Å². The predicted molar refractivity (Wildman–Crippen MR) is 230 cm³/mol. The highest BCUT2D eigenvalue weighted by atomic mass is 16.3. The van der Waals surface area contributed by atoms with Gasteiger partial charge in [-0.25, -0.2) is 15.0 Å². The third-order valence-electron chi connectivity index (χ3n) is 10.4. The van der Waals surface area contributed by atoms with Crippen LogP contribution in [0.3, 0.4) is 0 Å². The minimum atomic E-state index is -0.623. The number of fused-ring (bicyclic) bond motifs is 9. The van der Waals surface area contributed by atoms with Crippen molar-refractivity contribution in [2.75, 3.05) is 0 Å². The van der Waals surface area contributed by atoms with Crippen LogP contribution in [0.1, 0.15) is 13.7 Å². The summed E-state index contributed by atoms with van der Waals surface area (Å²) in [6.07, 6.45) is 0. The molecule has 0 saturated carbocycles. The van der Waals surface area contributed by atoms with Gasteiger partial charge in [-0.15, -0.1) is 0 Å². The van der Waals surface area contributed by atoms with Crippen LogP contribution in [0.15, 0.2) is 191 Å². The van der Waals surface area contributed by atoms with Gasteiger partial charge in [-0.3, -0.25) is 0 Å². The van der Waals surface area contributed by atoms with Gasteiger partial charge in [0.15, 0.2) is 17.5 Å². The molecule has 6 nitrogen and oxygen atoms in total. The average molecular weight is 741 g/mol. The molecular weight excluding hydrogens is 701 g/mol. The molecule has 0 amide bonds. The quantitative estimate of drug-likeness (QED) is 0.176. The van der Waals surface area contributed by atoms with E-state index in [4.69, 9.17) is 32.5 Å². The van der Waals surface area contributed by atoms with Gasteiger partial charge in [-0.05, 0) is 59.7 Å². The standard InChI is InChI=1S/C51H30N4O2/c1-3-13-31(14-4-1)49-52-50(32-15-5-2-6-16-32)54-51(53-49)39-20-12-24-45-48(39)40-29-33(25-28-43(40)56-45)35-19-11-23-44-47(35)38-27-26-34(30-46(38)57-44)55-41-21-9-7-17-36(41)37-18-8-10-22-42(37)55/h1-30H/i1D,2D,3D,4D,5D,6D,13D,14D,15D,16D. The van der Waals surface area contributed by atoms with E-state index < -0.39 is 60.4 Å². The molecule has 0 fully saturated rings. The zero-order valence-electron chi connectivity index (χ0n) is 39.7. The van der Waals surface area contributed by atoms with Crippen molar-refractivity contribution < 1.29 is 22.5 Å². The molecule has 0 bridgehead atoms. The summed E-state index contributed by atoms with van der Waals surface area (Å²) in [6, 6.07) is 33.9. The van der Waals surface area contributed by atoms with Crippen molar-refractivity contribution in [2.45, 2.75) is 0 Å². The molecule has 8 aromatic carbocycles. The van der Waals surface area contributed by atoms with Gasteiger partial charge >= 0.3 is 0 Å². The molecule has 0 aliphatic rings. The van der Waals surface area contributed by atoms with E-state index in [1.54, 1.807) is 18.2 Å². The number of nitrogens with zero attached hydrogens (tertiary/aromatic N) is 4. The van der Waals surface area contributed by atoms with E-state index in [1.165, 1.54) is 0 Å². The summed E-state index contributed by atoms with van der Waals surface area (Å²) in [5.41, 5.74) is 7.01. The Labute approximate surface area is 340 Å². The Hall–Kier alpha value is -7.83. The Morgan fingerprint density at radius 2 is 0.982 bits per heavy atom. The molecular formula is C51H30N4O2. The van der Waals surface area contributed by atoms with Crippen molar-refractivity contribution in [1.29, 1.82) is 0 Å². The van der Waals surface area contributed by atoms with E-state index in [9.17, 15) is 0 Å². The zero-order valence-corrected chi connectivity index (χ0v) is 29.7. The molecule has 57 heavy (non-hydrogen) atoms. The van der Waals surface area contributed by atoms with Gasteiger partial charge in [0, 0.05) is 60.8 Å². The van der Waals surface area contributed by atoms with Crippen molar-refractivity contribution in [3.05, 3.63) is 182 Å². The predicted octanol–water partition coefficient (Wildman–Crippen LogP) is 13.4. The van der Waals surface area contributed by atoms with E-state index >= 15 is 0 Å². The molecule has 0 unspecified atom stereocenters. The lowest BCUT2D eigenvalue weighted by molar-refractivity contribution is 0.668. The summed E-state index contributed by atoms with van der Waals surface area (Å²) in [5, 5.41) is 5.42. The number of aromatic nitrogens is 4. The monoisotopic (exact) mass is 740 g/mol. The fourth-order valence-electron chi connectivity index (χ4n) is 8.02. The number of benzene rings is 8. The van der Waals surface area contributed by atoms with Crippen LogP contribution < -0.4 is 0 Å². The normalized spacial score (nSPS) is 14.3. The Kier molecular flexibility index (Phi) is 5.02. The second-order valence-electron chi connectivity index (χ2n) is 13.6. The van der Waals surface area contributed by atoms with Crippen LogP contribution in [-0.2, 0) is 0 Å². The molecule has 4 aromatic heterocycles. The minimum Gasteiger partial charge on any atom is -0.456 e. The summed E-state index contributed by atoms with van der Waals surface area (Å²) in [4.78, 5) is 13.9. The molecule has 0 radical (unpaired) electrons. The SMILES string of the molecule is [2H]c1c([2H])c([2H])c(-c2nc(-c3c([2H])c([2H])c([2H])c([2H])c3[2H])nc(-c3cccc4oc5ccc(-c6cccc7oc8cc(-n9c%10ccccc%10c%10ccccc%109)ccc8c67)cc5c34)n2)c([2H])c1[2H]. The van der Waals surface area contributed by atoms with E-state index in [0.29, 0.717) is 33.1 Å². The highest BCUT2D eigenvalue weighted by Gasteiger charge is 2.20. The van der Waals surface area contributed by atoms with Crippen molar-refractivity contribution in [2.24, 2.45) is 0 Å². The molecule has 0 atom stereocenters. The first-order valence-corrected chi connectivity index (χ1v) is 18.2. The Bertz CT molecular complexity index is 3940. The van der Waals surface area contributed by atoms with Gasteiger partial charge < -0.3 is 13.4 Å². The summed E-state index contributed by atoms with van der Waals surface area (Å²) in [7, 11) is 0. The molecule has 0 saturated heterocycles. The highest BCUT2D eigenvalue weighted by molar-refractivity contribution is 6.16. The molecule has 4 heterocycles. The maximum absolute atomic E-state index is 8.77. The second kappa shape index (κ2) is 12.3.